The first kappa shape index (κ1) is 12.5. The van der Waals surface area contributed by atoms with Gasteiger partial charge in [-0.05, 0) is 47.6 Å². The highest BCUT2D eigenvalue weighted by Crippen LogP contribution is 2.32. The molecule has 15 heavy (non-hydrogen) atoms. The molecule has 0 saturated heterocycles. The lowest BCUT2D eigenvalue weighted by atomic mass is 9.81. The van der Waals surface area contributed by atoms with E-state index in [0.29, 0.717) is 0 Å². The molecular weight excluding hydrogens is 248 g/mol. The van der Waals surface area contributed by atoms with Crippen LogP contribution in [-0.2, 0) is 5.41 Å². The molecule has 1 aromatic rings. The van der Waals surface area contributed by atoms with E-state index in [-0.39, 0.29) is 5.41 Å². The molecule has 1 rings (SSSR count). The van der Waals surface area contributed by atoms with Gasteiger partial charge >= 0.3 is 0 Å². The summed E-state index contributed by atoms with van der Waals surface area (Å²) in [6.07, 6.45) is 1.14. The van der Waals surface area contributed by atoms with E-state index < -0.39 is 0 Å². The van der Waals surface area contributed by atoms with E-state index in [1.54, 1.807) is 0 Å². The highest BCUT2D eigenvalue weighted by Gasteiger charge is 2.18. The molecule has 0 unspecified atom stereocenters. The molecule has 1 aromatic carbocycles. The van der Waals surface area contributed by atoms with Crippen molar-refractivity contribution in [3.8, 4) is 0 Å². The average Bonchev–Trinajstić information content (AvgIpc) is 2.17. The average molecular weight is 267 g/mol. The summed E-state index contributed by atoms with van der Waals surface area (Å²) >= 11 is 3.56. The minimum Gasteiger partial charge on any atom is -0.0955 e. The molecule has 0 fully saturated rings. The Balaban J connectivity index is 3.25. The standard InChI is InChI=1S/C14H19Br/c1-6-14(4,5)11-7-8-13(15)12(9-11)10(2)3/h7-9H,2,6H2,1,3-5H3. The molecule has 0 amide bonds. The normalized spacial score (nSPS) is 11.5. The zero-order valence-electron chi connectivity index (χ0n) is 10.0. The molecule has 0 aromatic heterocycles. The van der Waals surface area contributed by atoms with Gasteiger partial charge in [-0.15, -0.1) is 0 Å². The number of hydrogen-bond donors (Lipinski definition) is 0. The molecule has 0 aliphatic heterocycles. The van der Waals surface area contributed by atoms with Crippen molar-refractivity contribution in [3.63, 3.8) is 0 Å². The van der Waals surface area contributed by atoms with Crippen LogP contribution in [0.25, 0.3) is 5.57 Å². The third-order valence-electron chi connectivity index (χ3n) is 3.09. The SMILES string of the molecule is C=C(C)c1cc(C(C)(C)CC)ccc1Br. The number of halogens is 1. The van der Waals surface area contributed by atoms with Gasteiger partial charge in [0, 0.05) is 4.47 Å². The smallest absolute Gasteiger partial charge is 0.0250 e. The summed E-state index contributed by atoms with van der Waals surface area (Å²) in [4.78, 5) is 0. The Hall–Kier alpha value is -0.560. The van der Waals surface area contributed by atoms with Crippen LogP contribution < -0.4 is 0 Å². The second-order valence-electron chi connectivity index (χ2n) is 4.71. The van der Waals surface area contributed by atoms with Crippen LogP contribution in [0.2, 0.25) is 0 Å². The van der Waals surface area contributed by atoms with Crippen molar-refractivity contribution >= 4 is 21.5 Å². The second-order valence-corrected chi connectivity index (χ2v) is 5.57. The summed E-state index contributed by atoms with van der Waals surface area (Å²) in [5.41, 5.74) is 3.95. The van der Waals surface area contributed by atoms with Crippen LogP contribution in [-0.4, -0.2) is 0 Å². The van der Waals surface area contributed by atoms with Gasteiger partial charge in [0.2, 0.25) is 0 Å². The van der Waals surface area contributed by atoms with Crippen molar-refractivity contribution < 1.29 is 0 Å². The minimum atomic E-state index is 0.241. The lowest BCUT2D eigenvalue weighted by Crippen LogP contribution is -2.15. The van der Waals surface area contributed by atoms with E-state index in [9.17, 15) is 0 Å². The van der Waals surface area contributed by atoms with Gasteiger partial charge in [0.15, 0.2) is 0 Å². The molecule has 0 aliphatic rings. The molecular formula is C14H19Br. The quantitative estimate of drug-likeness (QED) is 0.708. The first-order valence-electron chi connectivity index (χ1n) is 5.34. The van der Waals surface area contributed by atoms with E-state index >= 15 is 0 Å². The predicted molar refractivity (Wildman–Crippen MR) is 72.2 cm³/mol. The van der Waals surface area contributed by atoms with E-state index in [2.05, 4.69) is 61.5 Å². The lowest BCUT2D eigenvalue weighted by molar-refractivity contribution is 0.506. The van der Waals surface area contributed by atoms with Crippen LogP contribution in [0.15, 0.2) is 29.3 Å². The van der Waals surface area contributed by atoms with Gasteiger partial charge < -0.3 is 0 Å². The third kappa shape index (κ3) is 2.72. The highest BCUT2D eigenvalue weighted by molar-refractivity contribution is 9.10. The molecule has 1 heteroatoms. The Morgan fingerprint density at radius 3 is 2.47 bits per heavy atom. The van der Waals surface area contributed by atoms with E-state index in [1.807, 2.05) is 6.92 Å². The minimum absolute atomic E-state index is 0.241. The third-order valence-corrected chi connectivity index (χ3v) is 3.78. The number of allylic oxidation sites excluding steroid dienone is 1. The van der Waals surface area contributed by atoms with Gasteiger partial charge in [-0.1, -0.05) is 49.3 Å². The Labute approximate surface area is 102 Å². The molecule has 0 N–H and O–H groups in total. The van der Waals surface area contributed by atoms with Crippen LogP contribution in [0.1, 0.15) is 45.2 Å². The molecule has 0 atom stereocenters. The van der Waals surface area contributed by atoms with E-state index in [0.717, 1.165) is 16.5 Å². The first-order chi connectivity index (χ1) is 6.88. The van der Waals surface area contributed by atoms with Crippen molar-refractivity contribution in [2.45, 2.75) is 39.5 Å². The summed E-state index contributed by atoms with van der Waals surface area (Å²) in [5.74, 6) is 0. The van der Waals surface area contributed by atoms with Gasteiger partial charge in [-0.3, -0.25) is 0 Å². The molecule has 0 radical (unpaired) electrons. The molecule has 82 valence electrons. The number of rotatable bonds is 3. The van der Waals surface area contributed by atoms with Crippen LogP contribution in [0.3, 0.4) is 0 Å². The Morgan fingerprint density at radius 2 is 2.00 bits per heavy atom. The molecule has 0 aliphatic carbocycles. The van der Waals surface area contributed by atoms with Crippen molar-refractivity contribution in [2.75, 3.05) is 0 Å². The fourth-order valence-electron chi connectivity index (χ4n) is 1.48. The topological polar surface area (TPSA) is 0 Å². The van der Waals surface area contributed by atoms with E-state index in [4.69, 9.17) is 0 Å². The van der Waals surface area contributed by atoms with Gasteiger partial charge in [-0.2, -0.15) is 0 Å². The predicted octanol–water partition coefficient (Wildman–Crippen LogP) is 5.17. The Kier molecular flexibility index (Phi) is 3.77. The molecule has 0 bridgehead atoms. The zero-order valence-corrected chi connectivity index (χ0v) is 11.6. The lowest BCUT2D eigenvalue weighted by Gasteiger charge is -2.24. The van der Waals surface area contributed by atoms with Crippen molar-refractivity contribution in [1.29, 1.82) is 0 Å². The van der Waals surface area contributed by atoms with Crippen LogP contribution in [0, 0.1) is 0 Å². The van der Waals surface area contributed by atoms with Crippen molar-refractivity contribution in [3.05, 3.63) is 40.4 Å². The largest absolute Gasteiger partial charge is 0.0955 e. The van der Waals surface area contributed by atoms with Gasteiger partial charge in [0.05, 0.1) is 0 Å². The van der Waals surface area contributed by atoms with Crippen LogP contribution >= 0.6 is 15.9 Å². The summed E-state index contributed by atoms with van der Waals surface area (Å²) < 4.78 is 1.13. The molecule has 0 spiro atoms. The summed E-state index contributed by atoms with van der Waals surface area (Å²) in [6, 6.07) is 6.56. The van der Waals surface area contributed by atoms with Crippen LogP contribution in [0.5, 0.6) is 0 Å². The maximum atomic E-state index is 4.01. The van der Waals surface area contributed by atoms with Gasteiger partial charge in [0.1, 0.15) is 0 Å². The second kappa shape index (κ2) is 4.52. The maximum Gasteiger partial charge on any atom is 0.0250 e. The maximum absolute atomic E-state index is 4.01. The Bertz CT molecular complexity index is 375. The highest BCUT2D eigenvalue weighted by atomic mass is 79.9. The summed E-state index contributed by atoms with van der Waals surface area (Å²) in [6.45, 7) is 12.8. The number of benzene rings is 1. The van der Waals surface area contributed by atoms with E-state index in [1.165, 1.54) is 11.1 Å². The molecule has 0 heterocycles. The molecule has 0 nitrogen and oxygen atoms in total. The first-order valence-corrected chi connectivity index (χ1v) is 6.13. The molecule has 0 saturated carbocycles. The number of hydrogen-bond acceptors (Lipinski definition) is 0. The Morgan fingerprint density at radius 1 is 1.40 bits per heavy atom. The van der Waals surface area contributed by atoms with Gasteiger partial charge in [-0.25, -0.2) is 0 Å². The van der Waals surface area contributed by atoms with Crippen molar-refractivity contribution in [1.82, 2.24) is 0 Å². The monoisotopic (exact) mass is 266 g/mol. The fourth-order valence-corrected chi connectivity index (χ4v) is 2.06. The summed E-state index contributed by atoms with van der Waals surface area (Å²) in [5, 5.41) is 0. The van der Waals surface area contributed by atoms with Gasteiger partial charge in [0.25, 0.3) is 0 Å². The fraction of sp³-hybridized carbons (Fsp3) is 0.429. The van der Waals surface area contributed by atoms with Crippen LogP contribution in [0.4, 0.5) is 0 Å². The van der Waals surface area contributed by atoms with Crippen molar-refractivity contribution in [2.24, 2.45) is 0 Å². The zero-order chi connectivity index (χ0) is 11.6. The summed E-state index contributed by atoms with van der Waals surface area (Å²) in [7, 11) is 0.